The van der Waals surface area contributed by atoms with Gasteiger partial charge in [0.05, 0.1) is 12.4 Å². The van der Waals surface area contributed by atoms with Crippen LogP contribution in [-0.2, 0) is 0 Å². The molecule has 0 aliphatic heterocycles. The first-order valence-corrected chi connectivity index (χ1v) is 5.55. The molecule has 1 heterocycles. The zero-order valence-electron chi connectivity index (χ0n) is 8.17. The largest absolute Gasteiger partial charge is 0.351 e. The van der Waals surface area contributed by atoms with Crippen LogP contribution in [0.5, 0.6) is 0 Å². The number of nitrogens with one attached hydrogen (secondary N) is 1. The summed E-state index contributed by atoms with van der Waals surface area (Å²) in [6.07, 6.45) is 2.31. The Kier molecular flexibility index (Phi) is 4.25. The molecular weight excluding hydrogens is 249 g/mol. The Labute approximate surface area is 91.3 Å². The predicted molar refractivity (Wildman–Crippen MR) is 58.0 cm³/mol. The maximum atomic E-state index is 12.5. The van der Waals surface area contributed by atoms with Gasteiger partial charge in [-0.15, -0.1) is 0 Å². The van der Waals surface area contributed by atoms with E-state index in [-0.39, 0.29) is 6.04 Å². The molecule has 2 atom stereocenters. The first-order chi connectivity index (χ1) is 6.63. The molecule has 0 aromatic carbocycles. The lowest BCUT2D eigenvalue weighted by atomic mass is 10.1. The van der Waals surface area contributed by atoms with Crippen molar-refractivity contribution < 1.29 is 4.39 Å². The fourth-order valence-corrected chi connectivity index (χ4v) is 1.43. The van der Waals surface area contributed by atoms with Crippen molar-refractivity contribution in [2.24, 2.45) is 5.92 Å². The number of rotatable bonds is 4. The molecule has 1 aromatic rings. The molecule has 0 saturated carbocycles. The summed E-state index contributed by atoms with van der Waals surface area (Å²) in [6.45, 7) is 4.15. The first-order valence-electron chi connectivity index (χ1n) is 4.43. The molecule has 0 fully saturated rings. The van der Waals surface area contributed by atoms with Crippen LogP contribution in [0.15, 0.2) is 12.4 Å². The quantitative estimate of drug-likeness (QED) is 0.847. The second-order valence-electron chi connectivity index (χ2n) is 3.29. The highest BCUT2D eigenvalue weighted by atomic mass is 79.9. The minimum atomic E-state index is -0.420. The maximum Gasteiger partial charge on any atom is 0.222 e. The van der Waals surface area contributed by atoms with Crippen LogP contribution in [0, 0.1) is 11.7 Å². The van der Waals surface area contributed by atoms with Crippen LogP contribution in [0.4, 0.5) is 10.3 Å². The van der Waals surface area contributed by atoms with E-state index in [0.29, 0.717) is 11.9 Å². The average Bonchev–Trinajstić information content (AvgIpc) is 2.20. The van der Waals surface area contributed by atoms with Crippen molar-refractivity contribution in [3.8, 4) is 0 Å². The second kappa shape index (κ2) is 5.24. The number of aromatic nitrogens is 2. The van der Waals surface area contributed by atoms with Crippen LogP contribution in [0.1, 0.15) is 13.8 Å². The van der Waals surface area contributed by atoms with Crippen LogP contribution in [0.25, 0.3) is 0 Å². The lowest BCUT2D eigenvalue weighted by molar-refractivity contribution is 0.565. The van der Waals surface area contributed by atoms with E-state index in [2.05, 4.69) is 38.1 Å². The van der Waals surface area contributed by atoms with Gasteiger partial charge in [0, 0.05) is 11.4 Å². The van der Waals surface area contributed by atoms with Gasteiger partial charge in [0.1, 0.15) is 0 Å². The van der Waals surface area contributed by atoms with E-state index in [1.165, 1.54) is 0 Å². The van der Waals surface area contributed by atoms with Crippen LogP contribution < -0.4 is 5.32 Å². The molecule has 0 aliphatic carbocycles. The molecule has 1 N–H and O–H groups in total. The number of anilines is 1. The van der Waals surface area contributed by atoms with Crippen LogP contribution in [0.2, 0.25) is 0 Å². The van der Waals surface area contributed by atoms with Crippen molar-refractivity contribution in [2.45, 2.75) is 19.9 Å². The Bertz CT molecular complexity index is 278. The van der Waals surface area contributed by atoms with Crippen molar-refractivity contribution in [1.29, 1.82) is 0 Å². The Morgan fingerprint density at radius 1 is 1.43 bits per heavy atom. The van der Waals surface area contributed by atoms with E-state index in [4.69, 9.17) is 0 Å². The van der Waals surface area contributed by atoms with Gasteiger partial charge in [-0.2, -0.15) is 0 Å². The Hall–Kier alpha value is -0.710. The van der Waals surface area contributed by atoms with Crippen molar-refractivity contribution in [3.05, 3.63) is 18.2 Å². The number of halogens is 2. The SMILES string of the molecule is CC(CBr)C(C)Nc1ncc(F)cn1. The summed E-state index contributed by atoms with van der Waals surface area (Å²) < 4.78 is 12.5. The normalized spacial score (nSPS) is 14.9. The minimum Gasteiger partial charge on any atom is -0.351 e. The topological polar surface area (TPSA) is 37.8 Å². The van der Waals surface area contributed by atoms with Gasteiger partial charge in [-0.1, -0.05) is 22.9 Å². The number of alkyl halides is 1. The van der Waals surface area contributed by atoms with Gasteiger partial charge in [-0.3, -0.25) is 0 Å². The minimum absolute atomic E-state index is 0.250. The van der Waals surface area contributed by atoms with Crippen molar-refractivity contribution >= 4 is 21.9 Å². The summed E-state index contributed by atoms with van der Waals surface area (Å²) in [5.74, 6) is 0.507. The molecule has 2 unspecified atom stereocenters. The molecule has 0 amide bonds. The van der Waals surface area contributed by atoms with Gasteiger partial charge < -0.3 is 5.32 Å². The van der Waals surface area contributed by atoms with Gasteiger partial charge in [-0.25, -0.2) is 14.4 Å². The van der Waals surface area contributed by atoms with Crippen LogP contribution in [-0.4, -0.2) is 21.3 Å². The lowest BCUT2D eigenvalue weighted by Gasteiger charge is -2.18. The van der Waals surface area contributed by atoms with E-state index in [1.807, 2.05) is 6.92 Å². The van der Waals surface area contributed by atoms with E-state index >= 15 is 0 Å². The highest BCUT2D eigenvalue weighted by molar-refractivity contribution is 9.09. The van der Waals surface area contributed by atoms with E-state index in [1.54, 1.807) is 0 Å². The standard InChI is InChI=1S/C9H13BrFN3/c1-6(3-10)7(2)14-9-12-4-8(11)5-13-9/h4-7H,3H2,1-2H3,(H,12,13,14). The zero-order chi connectivity index (χ0) is 10.6. The van der Waals surface area contributed by atoms with Gasteiger partial charge in [-0.05, 0) is 12.8 Å². The molecule has 0 radical (unpaired) electrons. The van der Waals surface area contributed by atoms with Crippen LogP contribution in [0.3, 0.4) is 0 Å². The zero-order valence-corrected chi connectivity index (χ0v) is 9.75. The predicted octanol–water partition coefficient (Wildman–Crippen LogP) is 2.45. The molecule has 3 nitrogen and oxygen atoms in total. The second-order valence-corrected chi connectivity index (χ2v) is 3.94. The maximum absolute atomic E-state index is 12.5. The van der Waals surface area contributed by atoms with Crippen LogP contribution >= 0.6 is 15.9 Å². The molecule has 78 valence electrons. The molecule has 14 heavy (non-hydrogen) atoms. The molecule has 1 aromatic heterocycles. The molecule has 0 spiro atoms. The van der Waals surface area contributed by atoms with E-state index < -0.39 is 5.82 Å². The Morgan fingerprint density at radius 3 is 2.50 bits per heavy atom. The summed E-state index contributed by atoms with van der Waals surface area (Å²) in [5.41, 5.74) is 0. The van der Waals surface area contributed by atoms with Crippen molar-refractivity contribution in [3.63, 3.8) is 0 Å². The van der Waals surface area contributed by atoms with Gasteiger partial charge in [0.2, 0.25) is 5.95 Å². The third-order valence-electron chi connectivity index (χ3n) is 2.07. The third kappa shape index (κ3) is 3.21. The fourth-order valence-electron chi connectivity index (χ4n) is 0.866. The highest BCUT2D eigenvalue weighted by Gasteiger charge is 2.11. The summed E-state index contributed by atoms with van der Waals surface area (Å²) in [6, 6.07) is 0.250. The number of hydrogen-bond acceptors (Lipinski definition) is 3. The molecule has 0 saturated heterocycles. The number of hydrogen-bond donors (Lipinski definition) is 1. The molecule has 0 bridgehead atoms. The first kappa shape index (κ1) is 11.4. The fraction of sp³-hybridized carbons (Fsp3) is 0.556. The summed E-state index contributed by atoms with van der Waals surface area (Å²) in [4.78, 5) is 7.64. The highest BCUT2D eigenvalue weighted by Crippen LogP contribution is 2.10. The molecule has 5 heteroatoms. The van der Waals surface area contributed by atoms with Gasteiger partial charge in [0.15, 0.2) is 5.82 Å². The third-order valence-corrected chi connectivity index (χ3v) is 3.10. The lowest BCUT2D eigenvalue weighted by Crippen LogP contribution is -2.25. The van der Waals surface area contributed by atoms with Gasteiger partial charge in [0.25, 0.3) is 0 Å². The molecule has 0 aliphatic rings. The summed E-state index contributed by atoms with van der Waals surface area (Å²) >= 11 is 3.40. The smallest absolute Gasteiger partial charge is 0.222 e. The molecular formula is C9H13BrFN3. The van der Waals surface area contributed by atoms with Crippen molar-refractivity contribution in [1.82, 2.24) is 9.97 Å². The number of nitrogens with zero attached hydrogens (tertiary/aromatic N) is 2. The Morgan fingerprint density at radius 2 is 2.00 bits per heavy atom. The van der Waals surface area contributed by atoms with Crippen molar-refractivity contribution in [2.75, 3.05) is 10.6 Å². The summed E-state index contributed by atoms with van der Waals surface area (Å²) in [7, 11) is 0. The monoisotopic (exact) mass is 261 g/mol. The Balaban J connectivity index is 2.56. The average molecular weight is 262 g/mol. The van der Waals surface area contributed by atoms with Gasteiger partial charge >= 0.3 is 0 Å². The summed E-state index contributed by atoms with van der Waals surface area (Å²) in [5, 5.41) is 4.01. The van der Waals surface area contributed by atoms with E-state index in [9.17, 15) is 4.39 Å². The van der Waals surface area contributed by atoms with E-state index in [0.717, 1.165) is 17.7 Å². The molecule has 1 rings (SSSR count).